The average molecular weight is 375 g/mol. The van der Waals surface area contributed by atoms with Crippen LogP contribution < -0.4 is 15.7 Å². The maximum absolute atomic E-state index is 12.1. The van der Waals surface area contributed by atoms with Crippen LogP contribution in [0.3, 0.4) is 0 Å². The molecule has 0 spiro atoms. The Kier molecular flexibility index (Phi) is 6.98. The highest BCUT2D eigenvalue weighted by Crippen LogP contribution is 2.29. The maximum Gasteiger partial charge on any atom is 0.336 e. The molecule has 0 aliphatic rings. The molecule has 0 aliphatic carbocycles. The number of benzene rings is 1. The molecule has 146 valence electrons. The molecule has 7 heteroatoms. The molecule has 0 fully saturated rings. The van der Waals surface area contributed by atoms with E-state index in [0.29, 0.717) is 23.3 Å². The van der Waals surface area contributed by atoms with E-state index in [0.717, 1.165) is 23.8 Å². The number of carbonyl (C=O) groups is 2. The van der Waals surface area contributed by atoms with Crippen LogP contribution in [0.15, 0.2) is 27.4 Å². The number of fused-ring (bicyclic) bond motifs is 1. The number of carboxylic acids is 1. The second kappa shape index (κ2) is 9.21. The van der Waals surface area contributed by atoms with E-state index in [1.807, 2.05) is 13.0 Å². The first-order chi connectivity index (χ1) is 12.8. The molecular weight excluding hydrogens is 350 g/mol. The Morgan fingerprint density at radius 2 is 2.07 bits per heavy atom. The molecule has 2 rings (SSSR count). The Bertz CT molecular complexity index is 886. The third-order valence-corrected chi connectivity index (χ3v) is 4.26. The van der Waals surface area contributed by atoms with Crippen LogP contribution in [0, 0.1) is 6.92 Å². The van der Waals surface area contributed by atoms with Crippen LogP contribution in [-0.4, -0.2) is 29.6 Å². The second-order valence-electron chi connectivity index (χ2n) is 6.45. The van der Waals surface area contributed by atoms with Gasteiger partial charge in [0.1, 0.15) is 11.3 Å². The number of ether oxygens (including phenoxy) is 1. The van der Waals surface area contributed by atoms with Crippen LogP contribution in [-0.2, 0) is 16.0 Å². The second-order valence-corrected chi connectivity index (χ2v) is 6.45. The molecular formula is C20H25NO6. The SMILES string of the molecule is CCCc1cc(=O)oc2c(C)c(OC(C)C(=O)NCCCC(=O)O)ccc12. The first kappa shape index (κ1) is 20.5. The summed E-state index contributed by atoms with van der Waals surface area (Å²) in [4.78, 5) is 34.4. The summed E-state index contributed by atoms with van der Waals surface area (Å²) in [5.74, 6) is -0.766. The number of hydrogen-bond acceptors (Lipinski definition) is 5. The first-order valence-corrected chi connectivity index (χ1v) is 9.06. The Balaban J connectivity index is 2.14. The van der Waals surface area contributed by atoms with Crippen LogP contribution in [0.1, 0.15) is 44.2 Å². The van der Waals surface area contributed by atoms with E-state index >= 15 is 0 Å². The maximum atomic E-state index is 12.1. The van der Waals surface area contributed by atoms with Gasteiger partial charge in [0.25, 0.3) is 5.91 Å². The normalized spacial score (nSPS) is 12.0. The fourth-order valence-corrected chi connectivity index (χ4v) is 2.85. The summed E-state index contributed by atoms with van der Waals surface area (Å²) in [5, 5.41) is 12.1. The van der Waals surface area contributed by atoms with Gasteiger partial charge in [0.05, 0.1) is 0 Å². The van der Waals surface area contributed by atoms with Gasteiger partial charge < -0.3 is 19.6 Å². The van der Waals surface area contributed by atoms with E-state index < -0.39 is 17.7 Å². The molecule has 2 aromatic rings. The lowest BCUT2D eigenvalue weighted by molar-refractivity contribution is -0.137. The van der Waals surface area contributed by atoms with Gasteiger partial charge in [-0.25, -0.2) is 4.79 Å². The van der Waals surface area contributed by atoms with Gasteiger partial charge in [-0.1, -0.05) is 13.3 Å². The Hall–Kier alpha value is -2.83. The van der Waals surface area contributed by atoms with Gasteiger partial charge in [0.2, 0.25) is 0 Å². The lowest BCUT2D eigenvalue weighted by atomic mass is 10.0. The van der Waals surface area contributed by atoms with Crippen molar-refractivity contribution in [3.63, 3.8) is 0 Å². The molecule has 0 radical (unpaired) electrons. The number of carbonyl (C=O) groups excluding carboxylic acids is 1. The zero-order chi connectivity index (χ0) is 20.0. The van der Waals surface area contributed by atoms with Gasteiger partial charge in [-0.05, 0) is 44.4 Å². The van der Waals surface area contributed by atoms with Crippen molar-refractivity contribution < 1.29 is 23.8 Å². The van der Waals surface area contributed by atoms with Crippen LogP contribution in [0.2, 0.25) is 0 Å². The molecule has 7 nitrogen and oxygen atoms in total. The van der Waals surface area contributed by atoms with Crippen molar-refractivity contribution in [2.75, 3.05) is 6.54 Å². The summed E-state index contributed by atoms with van der Waals surface area (Å²) < 4.78 is 11.1. The highest BCUT2D eigenvalue weighted by molar-refractivity contribution is 5.85. The van der Waals surface area contributed by atoms with Gasteiger partial charge >= 0.3 is 11.6 Å². The predicted octanol–water partition coefficient (Wildman–Crippen LogP) is 2.80. The van der Waals surface area contributed by atoms with E-state index in [1.165, 1.54) is 6.07 Å². The Morgan fingerprint density at radius 1 is 1.33 bits per heavy atom. The summed E-state index contributed by atoms with van der Waals surface area (Å²) in [6.45, 7) is 5.71. The van der Waals surface area contributed by atoms with Crippen LogP contribution >= 0.6 is 0 Å². The van der Waals surface area contributed by atoms with Crippen LogP contribution in [0.4, 0.5) is 0 Å². The lowest BCUT2D eigenvalue weighted by Gasteiger charge is -2.17. The summed E-state index contributed by atoms with van der Waals surface area (Å²) in [6.07, 6.45) is 1.27. The third-order valence-electron chi connectivity index (χ3n) is 4.26. The summed E-state index contributed by atoms with van der Waals surface area (Å²) >= 11 is 0. The van der Waals surface area contributed by atoms with Crippen molar-refractivity contribution in [2.45, 2.75) is 52.6 Å². The topological polar surface area (TPSA) is 106 Å². The lowest BCUT2D eigenvalue weighted by Crippen LogP contribution is -2.37. The molecule has 0 aliphatic heterocycles. The minimum atomic E-state index is -0.899. The van der Waals surface area contributed by atoms with Crippen molar-refractivity contribution in [1.29, 1.82) is 0 Å². The van der Waals surface area contributed by atoms with Gasteiger partial charge in [-0.2, -0.15) is 0 Å². The zero-order valence-corrected chi connectivity index (χ0v) is 15.8. The van der Waals surface area contributed by atoms with Gasteiger partial charge in [0.15, 0.2) is 6.10 Å². The van der Waals surface area contributed by atoms with Gasteiger partial charge in [-0.3, -0.25) is 9.59 Å². The molecule has 1 atom stereocenters. The zero-order valence-electron chi connectivity index (χ0n) is 15.8. The largest absolute Gasteiger partial charge is 0.481 e. The fourth-order valence-electron chi connectivity index (χ4n) is 2.85. The number of rotatable bonds is 9. The minimum Gasteiger partial charge on any atom is -0.481 e. The molecule has 1 unspecified atom stereocenters. The smallest absolute Gasteiger partial charge is 0.336 e. The monoisotopic (exact) mass is 375 g/mol. The van der Waals surface area contributed by atoms with Crippen molar-refractivity contribution in [2.24, 2.45) is 0 Å². The standard InChI is InChI=1S/C20H25NO6/c1-4-6-14-11-18(24)27-19-12(2)16(9-8-15(14)19)26-13(3)20(25)21-10-5-7-17(22)23/h8-9,11,13H,4-7,10H2,1-3H3,(H,21,25)(H,22,23). The minimum absolute atomic E-state index is 0.00156. The number of hydrogen-bond donors (Lipinski definition) is 2. The summed E-state index contributed by atoms with van der Waals surface area (Å²) in [5.41, 5.74) is 1.66. The molecule has 1 heterocycles. The first-order valence-electron chi connectivity index (χ1n) is 9.06. The number of nitrogens with one attached hydrogen (secondary N) is 1. The Morgan fingerprint density at radius 3 is 2.74 bits per heavy atom. The summed E-state index contributed by atoms with van der Waals surface area (Å²) in [7, 11) is 0. The quantitative estimate of drug-likeness (QED) is 0.516. The highest BCUT2D eigenvalue weighted by atomic mass is 16.5. The van der Waals surface area contributed by atoms with Crippen molar-refractivity contribution in [3.05, 3.63) is 39.7 Å². The summed E-state index contributed by atoms with van der Waals surface area (Å²) in [6, 6.07) is 5.12. The molecule has 0 saturated carbocycles. The van der Waals surface area contributed by atoms with Crippen molar-refractivity contribution >= 4 is 22.8 Å². The van der Waals surface area contributed by atoms with Crippen molar-refractivity contribution in [3.8, 4) is 5.75 Å². The van der Waals surface area contributed by atoms with E-state index in [2.05, 4.69) is 5.32 Å². The number of aryl methyl sites for hydroxylation is 2. The molecule has 1 aromatic heterocycles. The Labute approximate surface area is 157 Å². The van der Waals surface area contributed by atoms with E-state index in [-0.39, 0.29) is 18.9 Å². The van der Waals surface area contributed by atoms with Gasteiger partial charge in [0, 0.05) is 30.0 Å². The number of amides is 1. The van der Waals surface area contributed by atoms with E-state index in [1.54, 1.807) is 19.9 Å². The molecule has 27 heavy (non-hydrogen) atoms. The molecule has 1 aromatic carbocycles. The molecule has 2 N–H and O–H groups in total. The van der Waals surface area contributed by atoms with E-state index in [9.17, 15) is 14.4 Å². The van der Waals surface area contributed by atoms with Crippen LogP contribution in [0.5, 0.6) is 5.75 Å². The van der Waals surface area contributed by atoms with Gasteiger partial charge in [-0.15, -0.1) is 0 Å². The number of carboxylic acid groups (broad SMARTS) is 1. The molecule has 0 bridgehead atoms. The molecule has 0 saturated heterocycles. The average Bonchev–Trinajstić information content (AvgIpc) is 2.61. The van der Waals surface area contributed by atoms with E-state index in [4.69, 9.17) is 14.3 Å². The highest BCUT2D eigenvalue weighted by Gasteiger charge is 2.18. The number of aliphatic carboxylic acids is 1. The van der Waals surface area contributed by atoms with Crippen LogP contribution in [0.25, 0.3) is 11.0 Å². The van der Waals surface area contributed by atoms with Crippen molar-refractivity contribution in [1.82, 2.24) is 5.32 Å². The predicted molar refractivity (Wildman–Crippen MR) is 101 cm³/mol. The fraction of sp³-hybridized carbons (Fsp3) is 0.450. The third kappa shape index (κ3) is 5.32. The molecule has 1 amide bonds.